The van der Waals surface area contributed by atoms with Gasteiger partial charge in [0.15, 0.2) is 0 Å². The van der Waals surface area contributed by atoms with Crippen LogP contribution in [0.3, 0.4) is 0 Å². The summed E-state index contributed by atoms with van der Waals surface area (Å²) < 4.78 is 7.93. The highest BCUT2D eigenvalue weighted by atomic mass is 35.5. The Morgan fingerprint density at radius 2 is 1.75 bits per heavy atom. The lowest BCUT2D eigenvalue weighted by atomic mass is 9.83. The van der Waals surface area contributed by atoms with E-state index in [1.54, 1.807) is 16.7 Å². The number of hydrogen-bond donors (Lipinski definition) is 2. The second-order valence-corrected chi connectivity index (χ2v) is 10.5. The van der Waals surface area contributed by atoms with Crippen molar-refractivity contribution >= 4 is 40.1 Å². The highest BCUT2D eigenvalue weighted by Crippen LogP contribution is 2.42. The SMILES string of the molecule is CCCCCOc1c(C(NC(=O)O)C(C)(C)C)n(CC(C)C)c(=O)c2cc(Cl)c(Cl)cc12. The minimum Gasteiger partial charge on any atom is -0.491 e. The standard InChI is InChI=1S/C24H34Cl2N2O4/c1-7-8-9-10-32-20-15-11-17(25)18(26)12-16(15)22(29)28(13-14(2)3)19(20)21(24(4,5)6)27-23(30)31/h11-12,14,21,27H,7-10,13H2,1-6H3,(H,30,31). The molecule has 0 saturated heterocycles. The number of nitrogens with zero attached hydrogens (tertiary/aromatic N) is 1. The van der Waals surface area contributed by atoms with Crippen LogP contribution >= 0.6 is 23.2 Å². The van der Waals surface area contributed by atoms with E-state index in [0.29, 0.717) is 40.4 Å². The first kappa shape index (κ1) is 26.3. The number of ether oxygens (including phenoxy) is 1. The van der Waals surface area contributed by atoms with Gasteiger partial charge in [0, 0.05) is 11.9 Å². The van der Waals surface area contributed by atoms with Gasteiger partial charge in [0.2, 0.25) is 0 Å². The van der Waals surface area contributed by atoms with Crippen molar-refractivity contribution in [1.29, 1.82) is 0 Å². The molecule has 0 spiro atoms. The molecule has 1 amide bonds. The van der Waals surface area contributed by atoms with Crippen LogP contribution in [0.5, 0.6) is 5.75 Å². The Balaban J connectivity index is 2.96. The topological polar surface area (TPSA) is 80.6 Å². The number of nitrogens with one attached hydrogen (secondary N) is 1. The van der Waals surface area contributed by atoms with E-state index < -0.39 is 17.6 Å². The van der Waals surface area contributed by atoms with Gasteiger partial charge in [-0.2, -0.15) is 0 Å². The minimum atomic E-state index is -1.17. The molecule has 6 nitrogen and oxygen atoms in total. The summed E-state index contributed by atoms with van der Waals surface area (Å²) in [7, 11) is 0. The van der Waals surface area contributed by atoms with Crippen molar-refractivity contribution in [3.05, 3.63) is 38.2 Å². The monoisotopic (exact) mass is 484 g/mol. The molecule has 0 aliphatic heterocycles. The molecule has 178 valence electrons. The lowest BCUT2D eigenvalue weighted by Gasteiger charge is -2.34. The van der Waals surface area contributed by atoms with E-state index in [9.17, 15) is 14.7 Å². The maximum absolute atomic E-state index is 13.6. The van der Waals surface area contributed by atoms with Gasteiger partial charge in [-0.1, -0.05) is 77.6 Å². The quantitative estimate of drug-likeness (QED) is 0.379. The van der Waals surface area contributed by atoms with Gasteiger partial charge in [-0.3, -0.25) is 4.79 Å². The summed E-state index contributed by atoms with van der Waals surface area (Å²) in [6.07, 6.45) is 1.71. The molecule has 1 aromatic carbocycles. The molecule has 0 aliphatic rings. The van der Waals surface area contributed by atoms with Gasteiger partial charge in [-0.25, -0.2) is 4.79 Å². The van der Waals surface area contributed by atoms with Crippen LogP contribution in [0.15, 0.2) is 16.9 Å². The van der Waals surface area contributed by atoms with E-state index in [4.69, 9.17) is 27.9 Å². The Kier molecular flexibility index (Phi) is 8.89. The van der Waals surface area contributed by atoms with Crippen LogP contribution in [0.25, 0.3) is 10.8 Å². The highest BCUT2D eigenvalue weighted by Gasteiger charge is 2.35. The summed E-state index contributed by atoms with van der Waals surface area (Å²) >= 11 is 12.6. The van der Waals surface area contributed by atoms with Crippen molar-refractivity contribution in [3.8, 4) is 5.75 Å². The van der Waals surface area contributed by atoms with Crippen molar-refractivity contribution in [2.75, 3.05) is 6.61 Å². The summed E-state index contributed by atoms with van der Waals surface area (Å²) in [6, 6.07) is 2.52. The van der Waals surface area contributed by atoms with E-state index in [2.05, 4.69) is 12.2 Å². The molecule has 1 unspecified atom stereocenters. The number of halogens is 2. The number of pyridine rings is 1. The van der Waals surface area contributed by atoms with Crippen LogP contribution in [-0.2, 0) is 6.54 Å². The fraction of sp³-hybridized carbons (Fsp3) is 0.583. The van der Waals surface area contributed by atoms with E-state index in [1.807, 2.05) is 34.6 Å². The van der Waals surface area contributed by atoms with Gasteiger partial charge < -0.3 is 19.7 Å². The molecule has 0 aliphatic carbocycles. The third-order valence-corrected chi connectivity index (χ3v) is 5.98. The molecular formula is C24H34Cl2N2O4. The van der Waals surface area contributed by atoms with Crippen LogP contribution < -0.4 is 15.6 Å². The molecule has 2 aromatic rings. The second-order valence-electron chi connectivity index (χ2n) is 9.64. The molecule has 0 fully saturated rings. The summed E-state index contributed by atoms with van der Waals surface area (Å²) in [5.74, 6) is 0.619. The molecule has 0 radical (unpaired) electrons. The van der Waals surface area contributed by atoms with Crippen LogP contribution in [-0.4, -0.2) is 22.4 Å². The molecule has 8 heteroatoms. The van der Waals surface area contributed by atoms with E-state index in [1.165, 1.54) is 0 Å². The Hall–Kier alpha value is -1.92. The first-order valence-electron chi connectivity index (χ1n) is 11.1. The summed E-state index contributed by atoms with van der Waals surface area (Å²) in [5, 5.41) is 13.8. The maximum Gasteiger partial charge on any atom is 0.405 e. The number of unbranched alkanes of at least 4 members (excludes halogenated alkanes) is 2. The number of amides is 1. The zero-order chi connectivity index (χ0) is 24.2. The number of benzene rings is 1. The van der Waals surface area contributed by atoms with Crippen molar-refractivity contribution in [2.45, 2.75) is 73.4 Å². The average Bonchev–Trinajstić information content (AvgIpc) is 2.67. The minimum absolute atomic E-state index is 0.144. The first-order chi connectivity index (χ1) is 14.9. The summed E-state index contributed by atoms with van der Waals surface area (Å²) in [6.45, 7) is 12.8. The predicted molar refractivity (Wildman–Crippen MR) is 131 cm³/mol. The zero-order valence-corrected chi connectivity index (χ0v) is 21.2. The van der Waals surface area contributed by atoms with Gasteiger partial charge in [0.1, 0.15) is 5.75 Å². The fourth-order valence-electron chi connectivity index (χ4n) is 3.76. The van der Waals surface area contributed by atoms with Gasteiger partial charge >= 0.3 is 6.09 Å². The molecule has 2 rings (SSSR count). The molecule has 1 aromatic heterocycles. The zero-order valence-electron chi connectivity index (χ0n) is 19.7. The van der Waals surface area contributed by atoms with Crippen LogP contribution in [0.1, 0.15) is 72.5 Å². The average molecular weight is 485 g/mol. The number of carbonyl (C=O) groups is 1. The van der Waals surface area contributed by atoms with Crippen LogP contribution in [0.2, 0.25) is 10.0 Å². The smallest absolute Gasteiger partial charge is 0.405 e. The third-order valence-electron chi connectivity index (χ3n) is 5.25. The van der Waals surface area contributed by atoms with E-state index >= 15 is 0 Å². The molecule has 1 atom stereocenters. The molecule has 0 bridgehead atoms. The Morgan fingerprint density at radius 1 is 1.16 bits per heavy atom. The Morgan fingerprint density at radius 3 is 2.25 bits per heavy atom. The van der Waals surface area contributed by atoms with Gasteiger partial charge in [-0.05, 0) is 29.9 Å². The lowest BCUT2D eigenvalue weighted by Crippen LogP contribution is -2.40. The molecule has 32 heavy (non-hydrogen) atoms. The largest absolute Gasteiger partial charge is 0.491 e. The Labute approximate surface area is 199 Å². The van der Waals surface area contributed by atoms with E-state index in [0.717, 1.165) is 19.3 Å². The predicted octanol–water partition coefficient (Wildman–Crippen LogP) is 6.89. The number of rotatable bonds is 9. The third kappa shape index (κ3) is 6.10. The molecule has 2 N–H and O–H groups in total. The van der Waals surface area contributed by atoms with Gasteiger partial charge in [0.25, 0.3) is 5.56 Å². The lowest BCUT2D eigenvalue weighted by molar-refractivity contribution is 0.170. The molecular weight excluding hydrogens is 451 g/mol. The Bertz CT molecular complexity index is 1030. The van der Waals surface area contributed by atoms with E-state index in [-0.39, 0.29) is 16.5 Å². The summed E-state index contributed by atoms with van der Waals surface area (Å²) in [4.78, 5) is 25.4. The number of hydrogen-bond acceptors (Lipinski definition) is 3. The maximum atomic E-state index is 13.6. The van der Waals surface area contributed by atoms with Crippen LogP contribution in [0.4, 0.5) is 4.79 Å². The van der Waals surface area contributed by atoms with Crippen molar-refractivity contribution in [3.63, 3.8) is 0 Å². The van der Waals surface area contributed by atoms with Crippen molar-refractivity contribution in [1.82, 2.24) is 9.88 Å². The van der Waals surface area contributed by atoms with Crippen molar-refractivity contribution < 1.29 is 14.6 Å². The second kappa shape index (κ2) is 10.8. The van der Waals surface area contributed by atoms with Gasteiger partial charge in [0.05, 0.1) is 33.8 Å². The van der Waals surface area contributed by atoms with Gasteiger partial charge in [-0.15, -0.1) is 0 Å². The number of carboxylic acid groups (broad SMARTS) is 1. The first-order valence-corrected chi connectivity index (χ1v) is 11.8. The normalized spacial score (nSPS) is 12.9. The molecule has 0 saturated carbocycles. The molecule has 1 heterocycles. The van der Waals surface area contributed by atoms with Crippen molar-refractivity contribution in [2.24, 2.45) is 11.3 Å². The number of fused-ring (bicyclic) bond motifs is 1. The summed E-state index contributed by atoms with van der Waals surface area (Å²) in [5.41, 5.74) is -0.264. The highest BCUT2D eigenvalue weighted by molar-refractivity contribution is 6.42. The fourth-order valence-corrected chi connectivity index (χ4v) is 4.08. The number of aromatic nitrogens is 1. The van der Waals surface area contributed by atoms with Crippen LogP contribution in [0, 0.1) is 11.3 Å².